The van der Waals surface area contributed by atoms with E-state index in [9.17, 15) is 0 Å². The maximum atomic E-state index is 5.57. The summed E-state index contributed by atoms with van der Waals surface area (Å²) in [4.78, 5) is 0. The Morgan fingerprint density at radius 1 is 1.38 bits per heavy atom. The molecule has 0 aliphatic rings. The second-order valence-electron chi connectivity index (χ2n) is 3.49. The lowest BCUT2D eigenvalue weighted by Crippen LogP contribution is -1.90. The number of nitrogens with one attached hydrogen (secondary N) is 1. The van der Waals surface area contributed by atoms with E-state index in [4.69, 9.17) is 10.5 Å². The summed E-state index contributed by atoms with van der Waals surface area (Å²) in [6, 6.07) is 5.74. The monoisotopic (exact) mass is 281 g/mol. The highest BCUT2D eigenvalue weighted by molar-refractivity contribution is 9.10. The van der Waals surface area contributed by atoms with Gasteiger partial charge in [-0.15, -0.1) is 0 Å². The number of anilines is 1. The Morgan fingerprint density at radius 2 is 2.12 bits per heavy atom. The Bertz CT molecular complexity index is 522. The fraction of sp³-hybridized carbons (Fsp3) is 0.182. The number of aromatic nitrogens is 2. The van der Waals surface area contributed by atoms with Gasteiger partial charge in [0.05, 0.1) is 12.8 Å². The lowest BCUT2D eigenvalue weighted by atomic mass is 10.1. The molecule has 0 spiro atoms. The molecule has 0 atom stereocenters. The molecular weight excluding hydrogens is 270 g/mol. The molecule has 16 heavy (non-hydrogen) atoms. The molecule has 0 unspecified atom stereocenters. The van der Waals surface area contributed by atoms with E-state index in [1.165, 1.54) is 0 Å². The number of aromatic amines is 1. The van der Waals surface area contributed by atoms with E-state index in [0.29, 0.717) is 5.82 Å². The number of rotatable bonds is 2. The number of halogens is 1. The lowest BCUT2D eigenvalue weighted by molar-refractivity contribution is 0.411. The number of hydrogen-bond donors (Lipinski definition) is 2. The van der Waals surface area contributed by atoms with Crippen molar-refractivity contribution in [1.29, 1.82) is 0 Å². The Hall–Kier alpha value is -1.49. The van der Waals surface area contributed by atoms with Crippen molar-refractivity contribution in [3.8, 4) is 17.0 Å². The van der Waals surface area contributed by atoms with Crippen LogP contribution in [0.25, 0.3) is 11.3 Å². The van der Waals surface area contributed by atoms with E-state index in [1.54, 1.807) is 13.2 Å². The molecular formula is C11H12BrN3O. The predicted molar refractivity (Wildman–Crippen MR) is 67.4 cm³/mol. The van der Waals surface area contributed by atoms with Crippen molar-refractivity contribution in [3.63, 3.8) is 0 Å². The second kappa shape index (κ2) is 4.17. The molecule has 0 amide bonds. The lowest BCUT2D eigenvalue weighted by Gasteiger charge is -2.08. The summed E-state index contributed by atoms with van der Waals surface area (Å²) in [5, 5.41) is 6.77. The standard InChI is InChI=1S/C11H12BrN3O/c1-6-8(12)3-7(4-10(6)16-2)9-5-11(13)15-14-9/h3-5H,1-2H3,(H3,13,14,15). The van der Waals surface area contributed by atoms with Crippen LogP contribution in [0.3, 0.4) is 0 Å². The van der Waals surface area contributed by atoms with Crippen molar-refractivity contribution in [2.24, 2.45) is 0 Å². The van der Waals surface area contributed by atoms with Gasteiger partial charge in [0.15, 0.2) is 0 Å². The average molecular weight is 282 g/mol. The quantitative estimate of drug-likeness (QED) is 0.890. The Morgan fingerprint density at radius 3 is 2.69 bits per heavy atom. The van der Waals surface area contributed by atoms with Crippen LogP contribution in [0.5, 0.6) is 5.75 Å². The van der Waals surface area contributed by atoms with E-state index in [1.807, 2.05) is 19.1 Å². The molecule has 2 aromatic rings. The smallest absolute Gasteiger partial charge is 0.145 e. The highest BCUT2D eigenvalue weighted by atomic mass is 79.9. The Labute approximate surface area is 102 Å². The van der Waals surface area contributed by atoms with Crippen molar-refractivity contribution in [2.45, 2.75) is 6.92 Å². The van der Waals surface area contributed by atoms with Gasteiger partial charge in [0.1, 0.15) is 11.6 Å². The minimum absolute atomic E-state index is 0.477. The molecule has 0 aliphatic heterocycles. The first kappa shape index (κ1) is 11.0. The first-order valence-electron chi connectivity index (χ1n) is 4.77. The van der Waals surface area contributed by atoms with Crippen LogP contribution in [0, 0.1) is 6.92 Å². The largest absolute Gasteiger partial charge is 0.496 e. The molecule has 1 aromatic heterocycles. The summed E-state index contributed by atoms with van der Waals surface area (Å²) < 4.78 is 6.29. The fourth-order valence-electron chi connectivity index (χ4n) is 1.51. The van der Waals surface area contributed by atoms with Crippen LogP contribution >= 0.6 is 15.9 Å². The van der Waals surface area contributed by atoms with Crippen molar-refractivity contribution in [1.82, 2.24) is 10.2 Å². The van der Waals surface area contributed by atoms with E-state index < -0.39 is 0 Å². The third-order valence-electron chi connectivity index (χ3n) is 2.43. The zero-order valence-corrected chi connectivity index (χ0v) is 10.6. The van der Waals surface area contributed by atoms with Crippen LogP contribution < -0.4 is 10.5 Å². The normalized spacial score (nSPS) is 10.4. The van der Waals surface area contributed by atoms with Crippen molar-refractivity contribution >= 4 is 21.7 Å². The zero-order chi connectivity index (χ0) is 11.7. The summed E-state index contributed by atoms with van der Waals surface area (Å²) in [5.41, 5.74) is 8.49. The molecule has 0 radical (unpaired) electrons. The Kier molecular flexibility index (Phi) is 2.87. The van der Waals surface area contributed by atoms with Gasteiger partial charge in [-0.05, 0) is 19.1 Å². The molecule has 2 rings (SSSR count). The highest BCUT2D eigenvalue weighted by Crippen LogP contribution is 2.32. The number of ether oxygens (including phenoxy) is 1. The molecule has 1 aromatic carbocycles. The van der Waals surface area contributed by atoms with E-state index in [2.05, 4.69) is 26.1 Å². The highest BCUT2D eigenvalue weighted by Gasteiger charge is 2.08. The van der Waals surface area contributed by atoms with Gasteiger partial charge in [-0.25, -0.2) is 0 Å². The third kappa shape index (κ3) is 1.90. The number of methoxy groups -OCH3 is 1. The second-order valence-corrected chi connectivity index (χ2v) is 4.35. The zero-order valence-electron chi connectivity index (χ0n) is 9.04. The van der Waals surface area contributed by atoms with Crippen LogP contribution in [0.4, 0.5) is 5.82 Å². The number of hydrogen-bond acceptors (Lipinski definition) is 3. The van der Waals surface area contributed by atoms with Crippen LogP contribution in [0.2, 0.25) is 0 Å². The van der Waals surface area contributed by atoms with Crippen molar-refractivity contribution in [2.75, 3.05) is 12.8 Å². The summed E-state index contributed by atoms with van der Waals surface area (Å²) in [6.07, 6.45) is 0. The molecule has 0 saturated heterocycles. The first-order valence-corrected chi connectivity index (χ1v) is 5.56. The van der Waals surface area contributed by atoms with Gasteiger partial charge in [0.2, 0.25) is 0 Å². The van der Waals surface area contributed by atoms with E-state index in [-0.39, 0.29) is 0 Å². The molecule has 3 N–H and O–H groups in total. The van der Waals surface area contributed by atoms with Gasteiger partial charge in [0.25, 0.3) is 0 Å². The van der Waals surface area contributed by atoms with Gasteiger partial charge in [0, 0.05) is 21.7 Å². The number of nitrogens with two attached hydrogens (primary N) is 1. The number of nitrogen functional groups attached to an aromatic ring is 1. The molecule has 0 bridgehead atoms. The minimum atomic E-state index is 0.477. The number of H-pyrrole nitrogens is 1. The first-order chi connectivity index (χ1) is 7.61. The fourth-order valence-corrected chi connectivity index (χ4v) is 1.95. The third-order valence-corrected chi connectivity index (χ3v) is 3.25. The van der Waals surface area contributed by atoms with Crippen molar-refractivity contribution < 1.29 is 4.74 Å². The molecule has 4 nitrogen and oxygen atoms in total. The maximum absolute atomic E-state index is 5.57. The van der Waals surface area contributed by atoms with Gasteiger partial charge < -0.3 is 10.5 Å². The number of benzene rings is 1. The van der Waals surface area contributed by atoms with Gasteiger partial charge in [-0.3, -0.25) is 5.10 Å². The van der Waals surface area contributed by atoms with Crippen LogP contribution in [0.1, 0.15) is 5.56 Å². The Balaban J connectivity index is 2.54. The number of nitrogens with zero attached hydrogens (tertiary/aromatic N) is 1. The predicted octanol–water partition coefficient (Wildman–Crippen LogP) is 2.74. The summed E-state index contributed by atoms with van der Waals surface area (Å²) >= 11 is 3.50. The molecule has 0 fully saturated rings. The summed E-state index contributed by atoms with van der Waals surface area (Å²) in [6.45, 7) is 1.99. The summed E-state index contributed by atoms with van der Waals surface area (Å²) in [7, 11) is 1.65. The summed E-state index contributed by atoms with van der Waals surface area (Å²) in [5.74, 6) is 1.31. The van der Waals surface area contributed by atoms with Crippen molar-refractivity contribution in [3.05, 3.63) is 28.2 Å². The topological polar surface area (TPSA) is 63.9 Å². The average Bonchev–Trinajstić information content (AvgIpc) is 2.69. The maximum Gasteiger partial charge on any atom is 0.145 e. The van der Waals surface area contributed by atoms with E-state index in [0.717, 1.165) is 27.0 Å². The molecule has 1 heterocycles. The van der Waals surface area contributed by atoms with Gasteiger partial charge in [-0.2, -0.15) is 5.10 Å². The minimum Gasteiger partial charge on any atom is -0.496 e. The molecule has 0 saturated carbocycles. The van der Waals surface area contributed by atoms with E-state index >= 15 is 0 Å². The van der Waals surface area contributed by atoms with Crippen LogP contribution in [0.15, 0.2) is 22.7 Å². The van der Waals surface area contributed by atoms with Crippen LogP contribution in [-0.2, 0) is 0 Å². The molecule has 0 aliphatic carbocycles. The van der Waals surface area contributed by atoms with Gasteiger partial charge >= 0.3 is 0 Å². The SMILES string of the molecule is COc1cc(-c2cc(N)n[nH]2)cc(Br)c1C. The molecule has 84 valence electrons. The van der Waals surface area contributed by atoms with Gasteiger partial charge in [-0.1, -0.05) is 15.9 Å². The van der Waals surface area contributed by atoms with Crippen LogP contribution in [-0.4, -0.2) is 17.3 Å². The molecule has 5 heteroatoms.